The smallest absolute Gasteiger partial charge is 0.235 e. The zero-order valence-electron chi connectivity index (χ0n) is 6.12. The van der Waals surface area contributed by atoms with Gasteiger partial charge in [-0.15, -0.1) is 0 Å². The molecule has 1 heterocycles. The number of aromatic nitrogens is 1. The highest BCUT2D eigenvalue weighted by Gasteiger charge is 1.99. The minimum absolute atomic E-state index is 0.0824. The molecule has 0 saturated carbocycles. The van der Waals surface area contributed by atoms with Gasteiger partial charge in [-0.1, -0.05) is 0 Å². The van der Waals surface area contributed by atoms with E-state index in [9.17, 15) is 9.18 Å². The highest BCUT2D eigenvalue weighted by molar-refractivity contribution is 7.81. The first-order valence-electron chi connectivity index (χ1n) is 3.24. The van der Waals surface area contributed by atoms with Crippen LogP contribution < -0.4 is 5.32 Å². The number of halogens is 1. The zero-order chi connectivity index (χ0) is 8.97. The fourth-order valence-corrected chi connectivity index (χ4v) is 0.711. The van der Waals surface area contributed by atoms with Crippen LogP contribution in [0.2, 0.25) is 0 Å². The predicted octanol–water partition coefficient (Wildman–Crippen LogP) is 1.09. The monoisotopic (exact) mass is 186 g/mol. The molecule has 0 aromatic carbocycles. The Bertz CT molecular complexity index is 275. The van der Waals surface area contributed by atoms with Gasteiger partial charge in [-0.2, -0.15) is 12.6 Å². The van der Waals surface area contributed by atoms with Crippen LogP contribution in [0.3, 0.4) is 0 Å². The van der Waals surface area contributed by atoms with Crippen LogP contribution in [0.15, 0.2) is 18.3 Å². The molecule has 0 atom stereocenters. The van der Waals surface area contributed by atoms with Gasteiger partial charge in [0.2, 0.25) is 5.91 Å². The molecular weight excluding hydrogens is 179 g/mol. The SMILES string of the molecule is O=C(CS)Nc1ccc(F)cn1. The minimum atomic E-state index is -0.432. The summed E-state index contributed by atoms with van der Waals surface area (Å²) in [5.41, 5.74) is 0. The van der Waals surface area contributed by atoms with E-state index in [-0.39, 0.29) is 11.7 Å². The van der Waals surface area contributed by atoms with E-state index >= 15 is 0 Å². The molecule has 1 amide bonds. The molecule has 0 fully saturated rings. The first-order valence-corrected chi connectivity index (χ1v) is 3.88. The van der Waals surface area contributed by atoms with Crippen molar-refractivity contribution in [2.24, 2.45) is 0 Å². The third-order valence-corrected chi connectivity index (χ3v) is 1.43. The standard InChI is InChI=1S/C7H7FN2OS/c8-5-1-2-6(9-3-5)10-7(11)4-12/h1-3,12H,4H2,(H,9,10,11). The van der Waals surface area contributed by atoms with E-state index in [4.69, 9.17) is 0 Å². The van der Waals surface area contributed by atoms with E-state index in [1.165, 1.54) is 12.1 Å². The average molecular weight is 186 g/mol. The van der Waals surface area contributed by atoms with Gasteiger partial charge >= 0.3 is 0 Å². The third-order valence-electron chi connectivity index (χ3n) is 1.14. The quantitative estimate of drug-likeness (QED) is 0.679. The van der Waals surface area contributed by atoms with Crippen molar-refractivity contribution in [1.29, 1.82) is 0 Å². The number of carbonyl (C=O) groups is 1. The van der Waals surface area contributed by atoms with Crippen molar-refractivity contribution in [3.8, 4) is 0 Å². The molecule has 64 valence electrons. The maximum absolute atomic E-state index is 12.3. The van der Waals surface area contributed by atoms with Crippen molar-refractivity contribution in [1.82, 2.24) is 4.98 Å². The van der Waals surface area contributed by atoms with Gasteiger partial charge in [0, 0.05) is 0 Å². The predicted molar refractivity (Wildman–Crippen MR) is 46.7 cm³/mol. The first kappa shape index (κ1) is 8.99. The Kier molecular flexibility index (Phi) is 3.04. The summed E-state index contributed by atoms with van der Waals surface area (Å²) in [6.45, 7) is 0. The molecule has 0 spiro atoms. The van der Waals surface area contributed by atoms with Crippen molar-refractivity contribution >= 4 is 24.4 Å². The molecule has 0 unspecified atom stereocenters. The van der Waals surface area contributed by atoms with Gasteiger partial charge in [0.15, 0.2) is 0 Å². The van der Waals surface area contributed by atoms with Crippen molar-refractivity contribution in [3.05, 3.63) is 24.1 Å². The largest absolute Gasteiger partial charge is 0.310 e. The second-order valence-electron chi connectivity index (χ2n) is 2.07. The molecule has 1 aromatic rings. The van der Waals surface area contributed by atoms with Crippen molar-refractivity contribution in [2.75, 3.05) is 11.1 Å². The van der Waals surface area contributed by atoms with Crippen molar-refractivity contribution in [3.63, 3.8) is 0 Å². The number of anilines is 1. The van der Waals surface area contributed by atoms with Gasteiger partial charge < -0.3 is 5.32 Å². The second-order valence-corrected chi connectivity index (χ2v) is 2.38. The van der Waals surface area contributed by atoms with Crippen LogP contribution in [0, 0.1) is 5.82 Å². The molecule has 0 bridgehead atoms. The molecule has 0 aliphatic heterocycles. The fraction of sp³-hybridized carbons (Fsp3) is 0.143. The number of pyridine rings is 1. The summed E-state index contributed by atoms with van der Waals surface area (Å²) in [4.78, 5) is 14.4. The van der Waals surface area contributed by atoms with Crippen molar-refractivity contribution < 1.29 is 9.18 Å². The lowest BCUT2D eigenvalue weighted by Crippen LogP contribution is -2.13. The topological polar surface area (TPSA) is 42.0 Å². The summed E-state index contributed by atoms with van der Waals surface area (Å²) < 4.78 is 12.3. The second kappa shape index (κ2) is 4.06. The van der Waals surface area contributed by atoms with Crippen LogP contribution in [0.4, 0.5) is 10.2 Å². The van der Waals surface area contributed by atoms with Crippen LogP contribution in [0.25, 0.3) is 0 Å². The van der Waals surface area contributed by atoms with E-state index in [1.807, 2.05) is 0 Å². The van der Waals surface area contributed by atoms with Gasteiger partial charge in [-0.3, -0.25) is 4.79 Å². The highest BCUT2D eigenvalue weighted by atomic mass is 32.1. The van der Waals surface area contributed by atoms with Crippen LogP contribution >= 0.6 is 12.6 Å². The maximum Gasteiger partial charge on any atom is 0.235 e. The van der Waals surface area contributed by atoms with E-state index in [2.05, 4.69) is 22.9 Å². The molecule has 3 nitrogen and oxygen atoms in total. The molecule has 0 aliphatic carbocycles. The number of rotatable bonds is 2. The summed E-state index contributed by atoms with van der Waals surface area (Å²) in [5.74, 6) is -0.286. The Labute approximate surface area is 74.4 Å². The van der Waals surface area contributed by atoms with Gasteiger partial charge in [0.05, 0.1) is 11.9 Å². The highest BCUT2D eigenvalue weighted by Crippen LogP contribution is 2.02. The average Bonchev–Trinajstić information content (AvgIpc) is 2.09. The summed E-state index contributed by atoms with van der Waals surface area (Å²) in [6.07, 6.45) is 1.04. The lowest BCUT2D eigenvalue weighted by Gasteiger charge is -2.00. The Morgan fingerprint density at radius 1 is 1.67 bits per heavy atom. The minimum Gasteiger partial charge on any atom is -0.310 e. The molecule has 1 N–H and O–H groups in total. The van der Waals surface area contributed by atoms with Gasteiger partial charge in [0.1, 0.15) is 11.6 Å². The molecule has 0 aliphatic rings. The summed E-state index contributed by atoms with van der Waals surface area (Å²) in [6, 6.07) is 2.61. The van der Waals surface area contributed by atoms with Crippen LogP contribution in [0.1, 0.15) is 0 Å². The summed E-state index contributed by atoms with van der Waals surface area (Å²) >= 11 is 3.75. The van der Waals surface area contributed by atoms with Gasteiger partial charge in [-0.25, -0.2) is 9.37 Å². The number of carbonyl (C=O) groups excluding carboxylic acids is 1. The Balaban J connectivity index is 2.64. The summed E-state index contributed by atoms with van der Waals surface area (Å²) in [5, 5.41) is 2.43. The number of hydrogen-bond donors (Lipinski definition) is 2. The van der Waals surface area contributed by atoms with Gasteiger partial charge in [0.25, 0.3) is 0 Å². The molecule has 5 heteroatoms. The number of nitrogens with one attached hydrogen (secondary N) is 1. The first-order chi connectivity index (χ1) is 5.72. The van der Waals surface area contributed by atoms with Crippen LogP contribution in [-0.2, 0) is 4.79 Å². The number of nitrogens with zero attached hydrogens (tertiary/aromatic N) is 1. The normalized spacial score (nSPS) is 9.50. The lowest BCUT2D eigenvalue weighted by molar-refractivity contribution is -0.113. The Morgan fingerprint density at radius 2 is 2.42 bits per heavy atom. The molecule has 12 heavy (non-hydrogen) atoms. The molecular formula is C7H7FN2OS. The third kappa shape index (κ3) is 2.50. The Hall–Kier alpha value is -1.10. The maximum atomic E-state index is 12.3. The van der Waals surface area contributed by atoms with E-state index in [1.54, 1.807) is 0 Å². The van der Waals surface area contributed by atoms with Crippen molar-refractivity contribution in [2.45, 2.75) is 0 Å². The Morgan fingerprint density at radius 3 is 2.92 bits per heavy atom. The molecule has 1 rings (SSSR count). The number of amides is 1. The number of thiol groups is 1. The van der Waals surface area contributed by atoms with E-state index in [0.717, 1.165) is 6.20 Å². The fourth-order valence-electron chi connectivity index (χ4n) is 0.632. The molecule has 0 radical (unpaired) electrons. The van der Waals surface area contributed by atoms with E-state index < -0.39 is 5.82 Å². The zero-order valence-corrected chi connectivity index (χ0v) is 7.01. The lowest BCUT2D eigenvalue weighted by atomic mass is 10.4. The van der Waals surface area contributed by atoms with E-state index in [0.29, 0.717) is 5.82 Å². The van der Waals surface area contributed by atoms with Gasteiger partial charge in [-0.05, 0) is 12.1 Å². The summed E-state index contributed by atoms with van der Waals surface area (Å²) in [7, 11) is 0. The van der Waals surface area contributed by atoms with Crippen LogP contribution in [-0.4, -0.2) is 16.6 Å². The molecule has 0 saturated heterocycles. The van der Waals surface area contributed by atoms with Crippen LogP contribution in [0.5, 0.6) is 0 Å². The molecule has 1 aromatic heterocycles. The number of hydrogen-bond acceptors (Lipinski definition) is 3.